The Morgan fingerprint density at radius 1 is 0.694 bits per heavy atom. The van der Waals surface area contributed by atoms with Crippen molar-refractivity contribution < 1.29 is 9.47 Å². The molecule has 0 amide bonds. The van der Waals surface area contributed by atoms with E-state index in [-0.39, 0.29) is 0 Å². The Bertz CT molecular complexity index is 2050. The number of halogens is 1. The summed E-state index contributed by atoms with van der Waals surface area (Å²) in [5.74, 6) is 1.63. The van der Waals surface area contributed by atoms with Crippen molar-refractivity contribution in [1.82, 2.24) is 9.13 Å². The highest BCUT2D eigenvalue weighted by Crippen LogP contribution is 2.36. The minimum absolute atomic E-state index is 0.702. The minimum atomic E-state index is 0.702. The van der Waals surface area contributed by atoms with Crippen LogP contribution in [0.2, 0.25) is 0 Å². The summed E-state index contributed by atoms with van der Waals surface area (Å²) in [5, 5.41) is 20.8. The Hall–Kier alpha value is -5.13. The highest BCUT2D eigenvalue weighted by molar-refractivity contribution is 14.1. The van der Waals surface area contributed by atoms with Gasteiger partial charge in [-0.05, 0) is 102 Å². The van der Waals surface area contributed by atoms with Crippen LogP contribution in [0.5, 0.6) is 11.5 Å². The lowest BCUT2D eigenvalue weighted by molar-refractivity contribution is 0.415. The molecule has 2 heterocycles. The van der Waals surface area contributed by atoms with E-state index < -0.39 is 0 Å². The largest absolute Gasteiger partial charge is 0.497 e. The van der Waals surface area contributed by atoms with Crippen molar-refractivity contribution in [2.45, 2.75) is 52.6 Å². The molecule has 0 atom stereocenters. The molecule has 6 aromatic rings. The van der Waals surface area contributed by atoms with Gasteiger partial charge in [0, 0.05) is 57.1 Å². The van der Waals surface area contributed by atoms with Gasteiger partial charge in [-0.25, -0.2) is 0 Å². The third-order valence-corrected chi connectivity index (χ3v) is 8.85. The molecule has 4 N–H and O–H groups in total. The summed E-state index contributed by atoms with van der Waals surface area (Å²) in [7, 11) is 3.32. The molecule has 252 valence electrons. The van der Waals surface area contributed by atoms with Gasteiger partial charge in [0.2, 0.25) is 0 Å². The standard InChI is InChI=1S/C20H21N3O.C14H16N2O.C6H6IN/c1-3-4-11-23-19-12-16(24-2)9-10-17(19)18(13-21)20(23)14-5-7-15(22)8-6-14;1-3-4-7-16-10-11(9-15)13-6-5-12(17-2)8-14(13)16;7-5-1-3-6(8)4-2-5/h5-10,12H,3-4,11,22H2,1-2H3;5-6,8,10H,3-4,7H2,1-2H3;1-4H,8H2. The number of rotatable bonds is 9. The van der Waals surface area contributed by atoms with Gasteiger partial charge in [-0.3, -0.25) is 0 Å². The van der Waals surface area contributed by atoms with E-state index in [1.54, 1.807) is 14.2 Å². The van der Waals surface area contributed by atoms with Crippen LogP contribution in [0.25, 0.3) is 33.1 Å². The number of hydrogen-bond donors (Lipinski definition) is 2. The molecule has 0 aliphatic rings. The van der Waals surface area contributed by atoms with Crippen LogP contribution in [0.4, 0.5) is 11.4 Å². The van der Waals surface area contributed by atoms with Gasteiger partial charge in [-0.15, -0.1) is 0 Å². The average molecular weight is 767 g/mol. The van der Waals surface area contributed by atoms with Crippen LogP contribution in [-0.2, 0) is 13.1 Å². The Morgan fingerprint density at radius 3 is 1.78 bits per heavy atom. The van der Waals surface area contributed by atoms with Gasteiger partial charge < -0.3 is 30.1 Å². The van der Waals surface area contributed by atoms with Gasteiger partial charge in [0.25, 0.3) is 0 Å². The summed E-state index contributed by atoms with van der Waals surface area (Å²) in [6, 6.07) is 31.8. The van der Waals surface area contributed by atoms with Gasteiger partial charge in [0.05, 0.1) is 42.1 Å². The fourth-order valence-corrected chi connectivity index (χ4v) is 5.88. The van der Waals surface area contributed by atoms with Crippen LogP contribution >= 0.6 is 22.6 Å². The Morgan fingerprint density at radius 2 is 1.24 bits per heavy atom. The van der Waals surface area contributed by atoms with Gasteiger partial charge in [-0.2, -0.15) is 10.5 Å². The highest BCUT2D eigenvalue weighted by Gasteiger charge is 2.19. The molecule has 2 aromatic heterocycles. The molecule has 0 spiro atoms. The van der Waals surface area contributed by atoms with Crippen LogP contribution < -0.4 is 20.9 Å². The van der Waals surface area contributed by atoms with E-state index in [2.05, 4.69) is 57.7 Å². The normalized spacial score (nSPS) is 10.3. The Kier molecular flexibility index (Phi) is 13.4. The maximum Gasteiger partial charge on any atom is 0.120 e. The van der Waals surface area contributed by atoms with Crippen molar-refractivity contribution >= 4 is 55.8 Å². The summed E-state index contributed by atoms with van der Waals surface area (Å²) >= 11 is 2.24. The molecule has 0 saturated carbocycles. The van der Waals surface area contributed by atoms with Crippen molar-refractivity contribution in [3.63, 3.8) is 0 Å². The summed E-state index contributed by atoms with van der Waals surface area (Å²) in [5.41, 5.74) is 18.3. The Labute approximate surface area is 302 Å². The number of unbranched alkanes of at least 4 members (excludes halogenated alkanes) is 2. The van der Waals surface area contributed by atoms with Crippen LogP contribution in [0, 0.1) is 26.2 Å². The average Bonchev–Trinajstić information content (AvgIpc) is 3.65. The van der Waals surface area contributed by atoms with E-state index in [4.69, 9.17) is 26.2 Å². The van der Waals surface area contributed by atoms with Crippen LogP contribution in [0.3, 0.4) is 0 Å². The number of anilines is 2. The SMILES string of the molecule is CCCCn1c(-c2ccc(N)cc2)c(C#N)c2ccc(OC)cc21.CCCCn1cc(C#N)c2ccc(OC)cc21.Nc1ccc(I)cc1. The van der Waals surface area contributed by atoms with E-state index in [0.717, 1.165) is 100 Å². The van der Waals surface area contributed by atoms with Crippen molar-refractivity contribution in [2.75, 3.05) is 25.7 Å². The number of nitrogens with two attached hydrogens (primary N) is 2. The number of ether oxygens (including phenoxy) is 2. The monoisotopic (exact) mass is 766 g/mol. The quantitative estimate of drug-likeness (QED) is 0.111. The van der Waals surface area contributed by atoms with E-state index in [1.807, 2.05) is 91.1 Å². The van der Waals surface area contributed by atoms with Gasteiger partial charge >= 0.3 is 0 Å². The first kappa shape index (κ1) is 36.7. The van der Waals surface area contributed by atoms with Crippen LogP contribution in [0.15, 0.2) is 91.1 Å². The maximum absolute atomic E-state index is 9.78. The van der Waals surface area contributed by atoms with Gasteiger partial charge in [-0.1, -0.05) is 38.8 Å². The molecule has 0 saturated heterocycles. The van der Waals surface area contributed by atoms with Gasteiger partial charge in [0.15, 0.2) is 0 Å². The third-order valence-electron chi connectivity index (χ3n) is 8.14. The molecule has 0 fully saturated rings. The summed E-state index contributed by atoms with van der Waals surface area (Å²) in [6.45, 7) is 6.14. The molecule has 49 heavy (non-hydrogen) atoms. The fraction of sp³-hybridized carbons (Fsp3) is 0.250. The molecular formula is C40H43IN6O2. The van der Waals surface area contributed by atoms with Crippen molar-refractivity contribution in [3.05, 3.63) is 106 Å². The first-order valence-electron chi connectivity index (χ1n) is 16.3. The summed E-state index contributed by atoms with van der Waals surface area (Å²) in [6.07, 6.45) is 6.33. The minimum Gasteiger partial charge on any atom is -0.497 e. The number of benzene rings is 4. The number of hydrogen-bond acceptors (Lipinski definition) is 6. The number of fused-ring (bicyclic) bond motifs is 2. The van der Waals surface area contributed by atoms with Crippen molar-refractivity contribution in [2.24, 2.45) is 0 Å². The first-order chi connectivity index (χ1) is 23.8. The molecule has 6 rings (SSSR count). The zero-order chi connectivity index (χ0) is 35.3. The molecule has 8 nitrogen and oxygen atoms in total. The molecule has 0 bridgehead atoms. The first-order valence-corrected chi connectivity index (χ1v) is 17.4. The number of nitrogens with zero attached hydrogens (tertiary/aromatic N) is 4. The zero-order valence-electron chi connectivity index (χ0n) is 28.5. The molecular weight excluding hydrogens is 723 g/mol. The molecule has 0 unspecified atom stereocenters. The zero-order valence-corrected chi connectivity index (χ0v) is 30.7. The molecule has 0 aliphatic carbocycles. The predicted octanol–water partition coefficient (Wildman–Crippen LogP) is 9.77. The maximum atomic E-state index is 9.78. The fourth-order valence-electron chi connectivity index (χ4n) is 5.52. The topological polar surface area (TPSA) is 128 Å². The lowest BCUT2D eigenvalue weighted by Gasteiger charge is -2.11. The van der Waals surface area contributed by atoms with E-state index in [0.29, 0.717) is 5.56 Å². The second kappa shape index (κ2) is 17.9. The molecule has 0 aliphatic heterocycles. The third kappa shape index (κ3) is 9.07. The van der Waals surface area contributed by atoms with Crippen molar-refractivity contribution in [1.29, 1.82) is 10.5 Å². The number of nitriles is 2. The van der Waals surface area contributed by atoms with E-state index >= 15 is 0 Å². The van der Waals surface area contributed by atoms with E-state index in [1.165, 1.54) is 3.57 Å². The summed E-state index contributed by atoms with van der Waals surface area (Å²) < 4.78 is 16.2. The molecule has 9 heteroatoms. The van der Waals surface area contributed by atoms with Crippen LogP contribution in [0.1, 0.15) is 50.7 Å². The van der Waals surface area contributed by atoms with E-state index in [9.17, 15) is 5.26 Å². The molecule has 4 aromatic carbocycles. The van der Waals surface area contributed by atoms with Crippen molar-refractivity contribution in [3.8, 4) is 34.9 Å². The number of aromatic nitrogens is 2. The second-order valence-electron chi connectivity index (χ2n) is 11.5. The number of methoxy groups -OCH3 is 2. The predicted molar refractivity (Wildman–Crippen MR) is 210 cm³/mol. The molecule has 0 radical (unpaired) electrons. The number of aryl methyl sites for hydroxylation is 2. The van der Waals surface area contributed by atoms with Gasteiger partial charge in [0.1, 0.15) is 23.6 Å². The second-order valence-corrected chi connectivity index (χ2v) is 12.7. The highest BCUT2D eigenvalue weighted by atomic mass is 127. The summed E-state index contributed by atoms with van der Waals surface area (Å²) in [4.78, 5) is 0. The lowest BCUT2D eigenvalue weighted by Crippen LogP contribution is -2.01. The smallest absolute Gasteiger partial charge is 0.120 e. The number of nitrogen functional groups attached to an aromatic ring is 2. The Balaban J connectivity index is 0.000000187. The lowest BCUT2D eigenvalue weighted by atomic mass is 10.1. The van der Waals surface area contributed by atoms with Crippen LogP contribution in [-0.4, -0.2) is 23.4 Å².